The van der Waals surface area contributed by atoms with Crippen molar-refractivity contribution >= 4 is 28.9 Å². The van der Waals surface area contributed by atoms with Gasteiger partial charge in [-0.15, -0.1) is 11.3 Å². The first-order valence-electron chi connectivity index (χ1n) is 8.16. The van der Waals surface area contributed by atoms with Crippen molar-refractivity contribution < 1.29 is 19.1 Å². The predicted octanol–water partition coefficient (Wildman–Crippen LogP) is 3.49. The zero-order valence-electron chi connectivity index (χ0n) is 14.8. The number of thiazole rings is 1. The summed E-state index contributed by atoms with van der Waals surface area (Å²) in [5.41, 5.74) is 1.86. The highest BCUT2D eigenvalue weighted by Gasteiger charge is 2.15. The Morgan fingerprint density at radius 3 is 2.71 bits per heavy atom. The van der Waals surface area contributed by atoms with Gasteiger partial charge in [0.2, 0.25) is 0 Å². The van der Waals surface area contributed by atoms with Crippen LogP contribution in [-0.2, 0) is 9.53 Å². The van der Waals surface area contributed by atoms with E-state index in [9.17, 15) is 9.59 Å². The molecular weight excluding hydrogens is 378 g/mol. The SMILES string of the molecule is COc1ccc(-c2nc(C(=O)OCC(=O)Nc3cccc(C#N)c3)cs2)cc1. The highest BCUT2D eigenvalue weighted by molar-refractivity contribution is 7.13. The number of benzene rings is 2. The van der Waals surface area contributed by atoms with Gasteiger partial charge in [-0.2, -0.15) is 5.26 Å². The average Bonchev–Trinajstić information content (AvgIpc) is 3.22. The highest BCUT2D eigenvalue weighted by atomic mass is 32.1. The standard InChI is InChI=1S/C20H15N3O4S/c1-26-16-7-5-14(6-8-16)19-23-17(12-28-19)20(25)27-11-18(24)22-15-4-2-3-13(9-15)10-21/h2-9,12H,11H2,1H3,(H,22,24). The van der Waals surface area contributed by atoms with E-state index in [0.717, 1.165) is 11.3 Å². The smallest absolute Gasteiger partial charge is 0.358 e. The van der Waals surface area contributed by atoms with E-state index in [1.165, 1.54) is 17.4 Å². The quantitative estimate of drug-likeness (QED) is 0.644. The van der Waals surface area contributed by atoms with E-state index in [2.05, 4.69) is 10.3 Å². The topological polar surface area (TPSA) is 101 Å². The fourth-order valence-electron chi connectivity index (χ4n) is 2.30. The molecular formula is C20H15N3O4S. The van der Waals surface area contributed by atoms with E-state index in [-0.39, 0.29) is 5.69 Å². The van der Waals surface area contributed by atoms with Crippen molar-refractivity contribution in [2.24, 2.45) is 0 Å². The van der Waals surface area contributed by atoms with Crippen LogP contribution >= 0.6 is 11.3 Å². The van der Waals surface area contributed by atoms with Crippen LogP contribution in [0, 0.1) is 11.3 Å². The molecule has 2 aromatic carbocycles. The third-order valence-corrected chi connectivity index (χ3v) is 4.55. The summed E-state index contributed by atoms with van der Waals surface area (Å²) in [5, 5.41) is 13.7. The molecule has 1 aromatic heterocycles. The van der Waals surface area contributed by atoms with Gasteiger partial charge in [-0.05, 0) is 42.5 Å². The summed E-state index contributed by atoms with van der Waals surface area (Å²) in [4.78, 5) is 28.3. The number of nitrogens with zero attached hydrogens (tertiary/aromatic N) is 2. The fraction of sp³-hybridized carbons (Fsp3) is 0.100. The number of carbonyl (C=O) groups excluding carboxylic acids is 2. The number of amides is 1. The van der Waals surface area contributed by atoms with Gasteiger partial charge in [0.15, 0.2) is 12.3 Å². The van der Waals surface area contributed by atoms with Crippen LogP contribution < -0.4 is 10.1 Å². The van der Waals surface area contributed by atoms with E-state index in [0.29, 0.717) is 16.3 Å². The first-order valence-corrected chi connectivity index (χ1v) is 9.04. The van der Waals surface area contributed by atoms with Gasteiger partial charge in [-0.1, -0.05) is 6.07 Å². The van der Waals surface area contributed by atoms with Crippen LogP contribution in [0.4, 0.5) is 5.69 Å². The predicted molar refractivity (Wildman–Crippen MR) is 104 cm³/mol. The molecule has 0 spiro atoms. The molecule has 1 amide bonds. The summed E-state index contributed by atoms with van der Waals surface area (Å²) in [6.45, 7) is -0.453. The maximum Gasteiger partial charge on any atom is 0.358 e. The summed E-state index contributed by atoms with van der Waals surface area (Å²) in [6.07, 6.45) is 0. The van der Waals surface area contributed by atoms with Crippen molar-refractivity contribution in [2.75, 3.05) is 19.0 Å². The van der Waals surface area contributed by atoms with Crippen LogP contribution in [0.1, 0.15) is 16.1 Å². The first-order chi connectivity index (χ1) is 13.6. The molecule has 0 unspecified atom stereocenters. The molecule has 7 nitrogen and oxygen atoms in total. The molecule has 0 aliphatic rings. The Kier molecular flexibility index (Phi) is 5.99. The van der Waals surface area contributed by atoms with Gasteiger partial charge in [0.05, 0.1) is 18.7 Å². The van der Waals surface area contributed by atoms with Gasteiger partial charge >= 0.3 is 5.97 Å². The minimum absolute atomic E-state index is 0.134. The number of rotatable bonds is 6. The molecule has 0 aliphatic heterocycles. The van der Waals surface area contributed by atoms with Crippen LogP contribution in [0.5, 0.6) is 5.75 Å². The Hall–Kier alpha value is -3.70. The molecule has 0 atom stereocenters. The number of aromatic nitrogens is 1. The average molecular weight is 393 g/mol. The molecule has 0 fully saturated rings. The molecule has 0 bridgehead atoms. The van der Waals surface area contributed by atoms with Crippen LogP contribution in [-0.4, -0.2) is 30.6 Å². The normalized spacial score (nSPS) is 10.0. The number of ether oxygens (including phenoxy) is 2. The van der Waals surface area contributed by atoms with Crippen LogP contribution in [0.25, 0.3) is 10.6 Å². The molecule has 1 N–H and O–H groups in total. The zero-order chi connectivity index (χ0) is 19.9. The number of hydrogen-bond donors (Lipinski definition) is 1. The van der Waals surface area contributed by atoms with Crippen molar-refractivity contribution in [1.82, 2.24) is 4.98 Å². The van der Waals surface area contributed by atoms with Gasteiger partial charge in [0.1, 0.15) is 10.8 Å². The van der Waals surface area contributed by atoms with E-state index in [1.807, 2.05) is 18.2 Å². The molecule has 1 heterocycles. The second-order valence-corrected chi connectivity index (χ2v) is 6.44. The third kappa shape index (κ3) is 4.72. The molecule has 3 rings (SSSR count). The van der Waals surface area contributed by atoms with Gasteiger partial charge in [-0.25, -0.2) is 9.78 Å². The van der Waals surface area contributed by atoms with Gasteiger partial charge in [-0.3, -0.25) is 4.79 Å². The van der Waals surface area contributed by atoms with E-state index in [4.69, 9.17) is 14.7 Å². The second-order valence-electron chi connectivity index (χ2n) is 5.58. The second kappa shape index (κ2) is 8.79. The summed E-state index contributed by atoms with van der Waals surface area (Å²) in [6, 6.07) is 15.7. The summed E-state index contributed by atoms with van der Waals surface area (Å²) >= 11 is 1.30. The van der Waals surface area contributed by atoms with Gasteiger partial charge in [0, 0.05) is 16.6 Å². The van der Waals surface area contributed by atoms with Gasteiger partial charge in [0.25, 0.3) is 5.91 Å². The Morgan fingerprint density at radius 1 is 1.21 bits per heavy atom. The Labute approximate surface area is 165 Å². The lowest BCUT2D eigenvalue weighted by Crippen LogP contribution is -2.21. The third-order valence-electron chi connectivity index (χ3n) is 3.66. The number of nitrogens with one attached hydrogen (secondary N) is 1. The molecule has 140 valence electrons. The Morgan fingerprint density at radius 2 is 2.00 bits per heavy atom. The summed E-state index contributed by atoms with van der Waals surface area (Å²) in [7, 11) is 1.59. The molecule has 0 saturated carbocycles. The Bertz CT molecular complexity index is 1040. The summed E-state index contributed by atoms with van der Waals surface area (Å²) < 4.78 is 10.1. The molecule has 8 heteroatoms. The van der Waals surface area contributed by atoms with Crippen molar-refractivity contribution in [3.8, 4) is 22.4 Å². The largest absolute Gasteiger partial charge is 0.497 e. The van der Waals surface area contributed by atoms with E-state index in [1.54, 1.807) is 42.8 Å². The lowest BCUT2D eigenvalue weighted by molar-refractivity contribution is -0.119. The maximum atomic E-state index is 12.1. The molecule has 0 aliphatic carbocycles. The Balaban J connectivity index is 1.56. The van der Waals surface area contributed by atoms with Crippen LogP contribution in [0.2, 0.25) is 0 Å². The maximum absolute atomic E-state index is 12.1. The van der Waals surface area contributed by atoms with E-state index >= 15 is 0 Å². The van der Waals surface area contributed by atoms with Crippen LogP contribution in [0.3, 0.4) is 0 Å². The summed E-state index contributed by atoms with van der Waals surface area (Å²) in [5.74, 6) is -0.461. The van der Waals surface area contributed by atoms with Gasteiger partial charge < -0.3 is 14.8 Å². The minimum Gasteiger partial charge on any atom is -0.497 e. The highest BCUT2D eigenvalue weighted by Crippen LogP contribution is 2.26. The van der Waals surface area contributed by atoms with Crippen molar-refractivity contribution in [3.63, 3.8) is 0 Å². The number of nitriles is 1. The molecule has 28 heavy (non-hydrogen) atoms. The van der Waals surface area contributed by atoms with Crippen molar-refractivity contribution in [3.05, 3.63) is 65.2 Å². The van der Waals surface area contributed by atoms with E-state index < -0.39 is 18.5 Å². The van der Waals surface area contributed by atoms with Crippen molar-refractivity contribution in [2.45, 2.75) is 0 Å². The van der Waals surface area contributed by atoms with Crippen molar-refractivity contribution in [1.29, 1.82) is 5.26 Å². The number of hydrogen-bond acceptors (Lipinski definition) is 7. The number of carbonyl (C=O) groups is 2. The lowest BCUT2D eigenvalue weighted by Gasteiger charge is -2.06. The monoisotopic (exact) mass is 393 g/mol. The molecule has 0 radical (unpaired) electrons. The minimum atomic E-state index is -0.683. The van der Waals surface area contributed by atoms with Crippen LogP contribution in [0.15, 0.2) is 53.9 Å². The number of esters is 1. The first kappa shape index (κ1) is 19.1. The molecule has 3 aromatic rings. The number of methoxy groups -OCH3 is 1. The zero-order valence-corrected chi connectivity index (χ0v) is 15.7. The lowest BCUT2D eigenvalue weighted by atomic mass is 10.2. The number of anilines is 1. The fourth-order valence-corrected chi connectivity index (χ4v) is 3.10. The molecule has 0 saturated heterocycles.